The quantitative estimate of drug-likeness (QED) is 0.833. The summed E-state index contributed by atoms with van der Waals surface area (Å²) < 4.78 is 0. The Labute approximate surface area is 156 Å². The summed E-state index contributed by atoms with van der Waals surface area (Å²) in [6.07, 6.45) is 4.78. The molecular weight excluding hydrogens is 324 g/mol. The summed E-state index contributed by atoms with van der Waals surface area (Å²) in [5.41, 5.74) is 4.01. The number of nitrogens with one attached hydrogen (secondary N) is 1. The number of aliphatic hydroxyl groups excluding tert-OH is 1. The van der Waals surface area contributed by atoms with E-state index in [1.807, 2.05) is 6.07 Å². The number of anilines is 2. The molecule has 2 unspecified atom stereocenters. The van der Waals surface area contributed by atoms with E-state index in [0.29, 0.717) is 5.92 Å². The summed E-state index contributed by atoms with van der Waals surface area (Å²) in [7, 11) is 0. The largest absolute Gasteiger partial charge is 0.396 e. The highest BCUT2D eigenvalue weighted by Crippen LogP contribution is 2.23. The van der Waals surface area contributed by atoms with Gasteiger partial charge in [-0.25, -0.2) is 9.97 Å². The number of hydrogen-bond donors (Lipinski definition) is 2. The third kappa shape index (κ3) is 4.73. The number of rotatable bonds is 6. The summed E-state index contributed by atoms with van der Waals surface area (Å²) >= 11 is 0. The van der Waals surface area contributed by atoms with Crippen molar-refractivity contribution >= 4 is 11.6 Å². The molecule has 0 aliphatic carbocycles. The third-order valence-electron chi connectivity index (χ3n) is 5.17. The Morgan fingerprint density at radius 3 is 2.88 bits per heavy atom. The zero-order valence-electron chi connectivity index (χ0n) is 16.1. The van der Waals surface area contributed by atoms with E-state index in [1.54, 1.807) is 6.33 Å². The van der Waals surface area contributed by atoms with Crippen LogP contribution in [0.25, 0.3) is 0 Å². The first-order valence-electron chi connectivity index (χ1n) is 9.55. The van der Waals surface area contributed by atoms with Gasteiger partial charge in [0.05, 0.1) is 0 Å². The molecule has 5 heteroatoms. The standard InChI is InChI=1S/C21H30N4O/c1-15-6-7-19(16(2)9-15)10-17(3)24-20-11-21(23-14-22-20)25-8-4-5-18(12-25)13-26/h6-7,9,11,14,17-18,26H,4-5,8,10,12-13H2,1-3H3,(H,22,23,24). The van der Waals surface area contributed by atoms with Crippen LogP contribution in [0.1, 0.15) is 36.5 Å². The van der Waals surface area contributed by atoms with Gasteiger partial charge in [0.2, 0.25) is 0 Å². The highest BCUT2D eigenvalue weighted by atomic mass is 16.3. The number of nitrogens with zero attached hydrogens (tertiary/aromatic N) is 3. The lowest BCUT2D eigenvalue weighted by Gasteiger charge is -2.32. The molecule has 1 aliphatic heterocycles. The molecule has 1 saturated heterocycles. The van der Waals surface area contributed by atoms with Crippen LogP contribution in [0.4, 0.5) is 11.6 Å². The van der Waals surface area contributed by atoms with E-state index in [9.17, 15) is 5.11 Å². The van der Waals surface area contributed by atoms with Crippen LogP contribution in [0.5, 0.6) is 0 Å². The molecule has 3 rings (SSSR count). The van der Waals surface area contributed by atoms with Gasteiger partial charge in [-0.3, -0.25) is 0 Å². The molecular formula is C21H30N4O. The Hall–Kier alpha value is -2.14. The highest BCUT2D eigenvalue weighted by Gasteiger charge is 2.20. The smallest absolute Gasteiger partial charge is 0.134 e. The predicted octanol–water partition coefficient (Wildman–Crippen LogP) is 3.35. The Morgan fingerprint density at radius 1 is 1.27 bits per heavy atom. The molecule has 1 aliphatic rings. The molecule has 26 heavy (non-hydrogen) atoms. The van der Waals surface area contributed by atoms with Crippen LogP contribution in [-0.2, 0) is 6.42 Å². The summed E-state index contributed by atoms with van der Waals surface area (Å²) in [5.74, 6) is 2.15. The predicted molar refractivity (Wildman–Crippen MR) is 107 cm³/mol. The summed E-state index contributed by atoms with van der Waals surface area (Å²) in [5, 5.41) is 12.9. The van der Waals surface area contributed by atoms with Gasteiger partial charge in [0, 0.05) is 31.8 Å². The molecule has 2 atom stereocenters. The molecule has 1 fully saturated rings. The molecule has 1 aromatic carbocycles. The molecule has 0 radical (unpaired) electrons. The molecule has 1 aromatic heterocycles. The Balaban J connectivity index is 1.64. The fourth-order valence-electron chi connectivity index (χ4n) is 3.73. The molecule has 0 amide bonds. The minimum atomic E-state index is 0.250. The topological polar surface area (TPSA) is 61.3 Å². The fourth-order valence-corrected chi connectivity index (χ4v) is 3.73. The summed E-state index contributed by atoms with van der Waals surface area (Å²) in [6, 6.07) is 8.94. The van der Waals surface area contributed by atoms with Crippen LogP contribution in [0.15, 0.2) is 30.6 Å². The fraction of sp³-hybridized carbons (Fsp3) is 0.524. The van der Waals surface area contributed by atoms with Crippen molar-refractivity contribution in [3.05, 3.63) is 47.3 Å². The van der Waals surface area contributed by atoms with Crippen LogP contribution in [-0.4, -0.2) is 40.8 Å². The number of hydrogen-bond acceptors (Lipinski definition) is 5. The molecule has 0 saturated carbocycles. The van der Waals surface area contributed by atoms with Gasteiger partial charge in [-0.05, 0) is 57.1 Å². The van der Waals surface area contributed by atoms with Crippen LogP contribution in [0.3, 0.4) is 0 Å². The summed E-state index contributed by atoms with van der Waals surface area (Å²) in [6.45, 7) is 8.59. The first-order chi connectivity index (χ1) is 12.5. The average molecular weight is 354 g/mol. The van der Waals surface area contributed by atoms with Crippen LogP contribution < -0.4 is 10.2 Å². The van der Waals surface area contributed by atoms with Crippen molar-refractivity contribution in [2.45, 2.75) is 46.1 Å². The average Bonchev–Trinajstić information content (AvgIpc) is 2.64. The first-order valence-corrected chi connectivity index (χ1v) is 9.55. The highest BCUT2D eigenvalue weighted by molar-refractivity contribution is 5.49. The van der Waals surface area contributed by atoms with Crippen molar-refractivity contribution in [1.29, 1.82) is 0 Å². The monoisotopic (exact) mass is 354 g/mol. The molecule has 140 valence electrons. The van der Waals surface area contributed by atoms with Crippen molar-refractivity contribution in [3.63, 3.8) is 0 Å². The van der Waals surface area contributed by atoms with Crippen molar-refractivity contribution in [3.8, 4) is 0 Å². The second kappa shape index (κ2) is 8.49. The maximum Gasteiger partial charge on any atom is 0.134 e. The van der Waals surface area contributed by atoms with Gasteiger partial charge in [-0.15, -0.1) is 0 Å². The number of benzene rings is 1. The van der Waals surface area contributed by atoms with E-state index in [0.717, 1.165) is 44.0 Å². The maximum absolute atomic E-state index is 9.44. The van der Waals surface area contributed by atoms with Gasteiger partial charge in [-0.2, -0.15) is 0 Å². The molecule has 5 nitrogen and oxygen atoms in total. The lowest BCUT2D eigenvalue weighted by molar-refractivity contribution is 0.208. The van der Waals surface area contributed by atoms with Gasteiger partial charge in [0.15, 0.2) is 0 Å². The normalized spacial score (nSPS) is 18.6. The van der Waals surface area contributed by atoms with Crippen molar-refractivity contribution < 1.29 is 5.11 Å². The molecule has 0 spiro atoms. The van der Waals surface area contributed by atoms with E-state index >= 15 is 0 Å². The van der Waals surface area contributed by atoms with Crippen molar-refractivity contribution in [1.82, 2.24) is 9.97 Å². The SMILES string of the molecule is Cc1ccc(CC(C)Nc2cc(N3CCCC(CO)C3)ncn2)c(C)c1. The lowest BCUT2D eigenvalue weighted by Crippen LogP contribution is -2.37. The van der Waals surface area contributed by atoms with Gasteiger partial charge < -0.3 is 15.3 Å². The zero-order valence-corrected chi connectivity index (χ0v) is 16.1. The van der Waals surface area contributed by atoms with Crippen molar-refractivity contribution in [2.24, 2.45) is 5.92 Å². The maximum atomic E-state index is 9.44. The lowest BCUT2D eigenvalue weighted by atomic mass is 9.99. The van der Waals surface area contributed by atoms with Crippen LogP contribution >= 0.6 is 0 Å². The minimum absolute atomic E-state index is 0.250. The first kappa shape index (κ1) is 18.6. The summed E-state index contributed by atoms with van der Waals surface area (Å²) in [4.78, 5) is 11.1. The van der Waals surface area contributed by atoms with E-state index < -0.39 is 0 Å². The zero-order chi connectivity index (χ0) is 18.5. The van der Waals surface area contributed by atoms with Gasteiger partial charge in [0.1, 0.15) is 18.0 Å². The third-order valence-corrected chi connectivity index (χ3v) is 5.17. The second-order valence-electron chi connectivity index (χ2n) is 7.58. The van der Waals surface area contributed by atoms with Gasteiger partial charge in [-0.1, -0.05) is 23.8 Å². The molecule has 2 N–H and O–H groups in total. The number of aryl methyl sites for hydroxylation is 2. The molecule has 2 heterocycles. The van der Waals surface area contributed by atoms with Crippen molar-refractivity contribution in [2.75, 3.05) is 29.9 Å². The van der Waals surface area contributed by atoms with E-state index in [4.69, 9.17) is 0 Å². The van der Waals surface area contributed by atoms with Crippen LogP contribution in [0, 0.1) is 19.8 Å². The minimum Gasteiger partial charge on any atom is -0.396 e. The second-order valence-corrected chi connectivity index (χ2v) is 7.58. The molecule has 2 aromatic rings. The molecule has 0 bridgehead atoms. The van der Waals surface area contributed by atoms with Gasteiger partial charge >= 0.3 is 0 Å². The Morgan fingerprint density at radius 2 is 2.12 bits per heavy atom. The van der Waals surface area contributed by atoms with Gasteiger partial charge in [0.25, 0.3) is 0 Å². The number of piperidine rings is 1. The Kier molecular flexibility index (Phi) is 6.09. The van der Waals surface area contributed by atoms with E-state index in [-0.39, 0.29) is 12.6 Å². The Bertz CT molecular complexity index is 734. The number of aliphatic hydroxyl groups is 1. The van der Waals surface area contributed by atoms with E-state index in [1.165, 1.54) is 16.7 Å². The number of aromatic nitrogens is 2. The van der Waals surface area contributed by atoms with E-state index in [2.05, 4.69) is 59.2 Å². The van der Waals surface area contributed by atoms with Crippen LogP contribution in [0.2, 0.25) is 0 Å².